The highest BCUT2D eigenvalue weighted by molar-refractivity contribution is 5.81. The van der Waals surface area contributed by atoms with Gasteiger partial charge in [-0.05, 0) is 18.9 Å². The summed E-state index contributed by atoms with van der Waals surface area (Å²) in [4.78, 5) is 23.1. The van der Waals surface area contributed by atoms with Crippen molar-refractivity contribution in [3.63, 3.8) is 0 Å². The average molecular weight is 286 g/mol. The first-order valence-corrected chi connectivity index (χ1v) is 7.29. The molecule has 1 aliphatic rings. The minimum Gasteiger partial charge on any atom is -0.481 e. The molecule has 1 aliphatic heterocycles. The van der Waals surface area contributed by atoms with Crippen molar-refractivity contribution in [2.24, 2.45) is 11.8 Å². The van der Waals surface area contributed by atoms with E-state index < -0.39 is 5.97 Å². The number of aliphatic carboxylic acids is 1. The van der Waals surface area contributed by atoms with Crippen molar-refractivity contribution >= 4 is 11.9 Å². The Morgan fingerprint density at radius 1 is 1.35 bits per heavy atom. The minimum atomic E-state index is -0.896. The number of hydrogen-bond donors (Lipinski definition) is 3. The minimum absolute atomic E-state index is 0.0209. The topological polar surface area (TPSA) is 87.7 Å². The van der Waals surface area contributed by atoms with Crippen LogP contribution in [0, 0.1) is 11.8 Å². The van der Waals surface area contributed by atoms with E-state index in [1.165, 1.54) is 0 Å². The van der Waals surface area contributed by atoms with E-state index in [2.05, 4.69) is 17.6 Å². The van der Waals surface area contributed by atoms with Crippen LogP contribution in [0.1, 0.15) is 33.6 Å². The third-order valence-corrected chi connectivity index (χ3v) is 3.60. The Morgan fingerprint density at radius 3 is 2.60 bits per heavy atom. The van der Waals surface area contributed by atoms with Crippen molar-refractivity contribution in [1.82, 2.24) is 10.6 Å². The lowest BCUT2D eigenvalue weighted by atomic mass is 9.97. The van der Waals surface area contributed by atoms with Crippen LogP contribution in [0.4, 0.5) is 0 Å². The summed E-state index contributed by atoms with van der Waals surface area (Å²) in [6.07, 6.45) is 0.947. The van der Waals surface area contributed by atoms with E-state index in [0.29, 0.717) is 13.2 Å². The maximum Gasteiger partial charge on any atom is 0.305 e. The smallest absolute Gasteiger partial charge is 0.305 e. The third-order valence-electron chi connectivity index (χ3n) is 3.60. The van der Waals surface area contributed by atoms with E-state index >= 15 is 0 Å². The van der Waals surface area contributed by atoms with E-state index in [1.54, 1.807) is 0 Å². The van der Waals surface area contributed by atoms with Gasteiger partial charge in [-0.2, -0.15) is 0 Å². The molecule has 1 amide bonds. The molecule has 0 bridgehead atoms. The Bertz CT molecular complexity index is 333. The van der Waals surface area contributed by atoms with E-state index in [4.69, 9.17) is 9.84 Å². The lowest BCUT2D eigenvalue weighted by Gasteiger charge is -2.24. The molecular weight excluding hydrogens is 260 g/mol. The van der Waals surface area contributed by atoms with E-state index in [0.717, 1.165) is 13.0 Å². The van der Waals surface area contributed by atoms with Crippen LogP contribution in [0.5, 0.6) is 0 Å². The summed E-state index contributed by atoms with van der Waals surface area (Å²) < 4.78 is 5.37. The van der Waals surface area contributed by atoms with Gasteiger partial charge in [-0.15, -0.1) is 0 Å². The summed E-state index contributed by atoms with van der Waals surface area (Å²) in [5.41, 5.74) is 0. The van der Waals surface area contributed by atoms with Gasteiger partial charge in [-0.3, -0.25) is 9.59 Å². The van der Waals surface area contributed by atoms with Gasteiger partial charge in [0.2, 0.25) is 5.91 Å². The third kappa shape index (κ3) is 5.09. The van der Waals surface area contributed by atoms with Gasteiger partial charge >= 0.3 is 5.97 Å². The molecular formula is C14H26N2O4. The molecule has 1 fully saturated rings. The second-order valence-corrected chi connectivity index (χ2v) is 5.66. The van der Waals surface area contributed by atoms with Crippen molar-refractivity contribution in [3.05, 3.63) is 0 Å². The second kappa shape index (κ2) is 8.21. The Labute approximate surface area is 120 Å². The van der Waals surface area contributed by atoms with Crippen LogP contribution >= 0.6 is 0 Å². The normalized spacial score (nSPS) is 23.8. The average Bonchev–Trinajstić information content (AvgIpc) is 2.83. The predicted octanol–water partition coefficient (Wildman–Crippen LogP) is 0.617. The van der Waals surface area contributed by atoms with Crippen molar-refractivity contribution in [3.8, 4) is 0 Å². The highest BCUT2D eigenvalue weighted by atomic mass is 16.5. The molecule has 6 nitrogen and oxygen atoms in total. The van der Waals surface area contributed by atoms with Gasteiger partial charge in [0, 0.05) is 12.1 Å². The number of ether oxygens (including phenoxy) is 1. The van der Waals surface area contributed by atoms with Crippen molar-refractivity contribution in [2.75, 3.05) is 19.8 Å². The van der Waals surface area contributed by atoms with Crippen LogP contribution in [-0.4, -0.2) is 48.8 Å². The Hall–Kier alpha value is -1.14. The van der Waals surface area contributed by atoms with E-state index in [-0.39, 0.29) is 36.2 Å². The van der Waals surface area contributed by atoms with E-state index in [9.17, 15) is 9.59 Å². The Morgan fingerprint density at radius 2 is 2.05 bits per heavy atom. The fourth-order valence-corrected chi connectivity index (χ4v) is 2.27. The molecule has 1 saturated heterocycles. The number of amides is 1. The summed E-state index contributed by atoms with van der Waals surface area (Å²) in [6, 6.07) is -0.319. The first-order chi connectivity index (χ1) is 9.45. The molecule has 20 heavy (non-hydrogen) atoms. The summed E-state index contributed by atoms with van der Waals surface area (Å²) in [7, 11) is 0. The largest absolute Gasteiger partial charge is 0.481 e. The molecule has 0 radical (unpaired) electrons. The predicted molar refractivity (Wildman–Crippen MR) is 75.4 cm³/mol. The SMILES string of the molecule is CCCNC1COCC1C(=O)NC(CC(=O)O)C(C)C. The standard InChI is InChI=1S/C14H26N2O4/c1-4-5-15-12-8-20-7-10(12)14(19)16-11(9(2)3)6-13(17)18/h9-12,15H,4-8H2,1-3H3,(H,16,19)(H,17,18). The molecule has 0 spiro atoms. The van der Waals surface area contributed by atoms with Crippen LogP contribution in [-0.2, 0) is 14.3 Å². The van der Waals surface area contributed by atoms with Crippen LogP contribution < -0.4 is 10.6 Å². The first kappa shape index (κ1) is 16.9. The van der Waals surface area contributed by atoms with Crippen LogP contribution in [0.15, 0.2) is 0 Å². The number of rotatable bonds is 8. The number of hydrogen-bond acceptors (Lipinski definition) is 4. The zero-order valence-electron chi connectivity index (χ0n) is 12.5. The molecule has 0 aromatic heterocycles. The Kier molecular flexibility index (Phi) is 6.95. The van der Waals surface area contributed by atoms with Gasteiger partial charge in [0.15, 0.2) is 0 Å². The van der Waals surface area contributed by atoms with Crippen molar-refractivity contribution in [2.45, 2.75) is 45.7 Å². The van der Waals surface area contributed by atoms with Crippen LogP contribution in [0.2, 0.25) is 0 Å². The molecule has 6 heteroatoms. The number of carbonyl (C=O) groups excluding carboxylic acids is 1. The monoisotopic (exact) mass is 286 g/mol. The molecule has 0 aliphatic carbocycles. The van der Waals surface area contributed by atoms with Crippen LogP contribution in [0.3, 0.4) is 0 Å². The summed E-state index contributed by atoms with van der Waals surface area (Å²) in [6.45, 7) is 7.66. The van der Waals surface area contributed by atoms with Gasteiger partial charge in [-0.25, -0.2) is 0 Å². The van der Waals surface area contributed by atoms with Gasteiger partial charge in [0.05, 0.1) is 25.6 Å². The van der Waals surface area contributed by atoms with Gasteiger partial charge in [0.1, 0.15) is 0 Å². The summed E-state index contributed by atoms with van der Waals surface area (Å²) in [5.74, 6) is -1.17. The van der Waals surface area contributed by atoms with Gasteiger partial charge < -0.3 is 20.5 Å². The number of carboxylic acids is 1. The van der Waals surface area contributed by atoms with E-state index in [1.807, 2.05) is 13.8 Å². The zero-order valence-corrected chi connectivity index (χ0v) is 12.5. The molecule has 116 valence electrons. The van der Waals surface area contributed by atoms with Gasteiger partial charge in [0.25, 0.3) is 0 Å². The zero-order chi connectivity index (χ0) is 15.1. The summed E-state index contributed by atoms with van der Waals surface area (Å²) >= 11 is 0. The maximum atomic E-state index is 12.3. The molecule has 3 N–H and O–H groups in total. The second-order valence-electron chi connectivity index (χ2n) is 5.66. The van der Waals surface area contributed by atoms with Crippen molar-refractivity contribution in [1.29, 1.82) is 0 Å². The molecule has 0 saturated carbocycles. The molecule has 1 heterocycles. The quantitative estimate of drug-likeness (QED) is 0.609. The first-order valence-electron chi connectivity index (χ1n) is 7.29. The summed E-state index contributed by atoms with van der Waals surface area (Å²) in [5, 5.41) is 15.1. The fourth-order valence-electron chi connectivity index (χ4n) is 2.27. The highest BCUT2D eigenvalue weighted by Gasteiger charge is 2.35. The highest BCUT2D eigenvalue weighted by Crippen LogP contribution is 2.16. The maximum absolute atomic E-state index is 12.3. The molecule has 0 aromatic rings. The molecule has 3 atom stereocenters. The van der Waals surface area contributed by atoms with Gasteiger partial charge in [-0.1, -0.05) is 20.8 Å². The number of nitrogens with one attached hydrogen (secondary N) is 2. The molecule has 0 aromatic carbocycles. The van der Waals surface area contributed by atoms with Crippen molar-refractivity contribution < 1.29 is 19.4 Å². The molecule has 1 rings (SSSR count). The molecule has 3 unspecified atom stereocenters. The fraction of sp³-hybridized carbons (Fsp3) is 0.857. The number of carbonyl (C=O) groups is 2. The lowest BCUT2D eigenvalue weighted by Crippen LogP contribution is -2.48. The van der Waals surface area contributed by atoms with Crippen LogP contribution in [0.25, 0.3) is 0 Å². The Balaban J connectivity index is 2.56. The number of carboxylic acid groups (broad SMARTS) is 1. The lowest BCUT2D eigenvalue weighted by molar-refractivity contribution is -0.138.